The van der Waals surface area contributed by atoms with E-state index in [-0.39, 0.29) is 24.0 Å². The van der Waals surface area contributed by atoms with Crippen molar-refractivity contribution < 1.29 is 0 Å². The van der Waals surface area contributed by atoms with Gasteiger partial charge in [-0.2, -0.15) is 5.10 Å². The van der Waals surface area contributed by atoms with Crippen LogP contribution in [0.2, 0.25) is 0 Å². The first-order chi connectivity index (χ1) is 12.7. The van der Waals surface area contributed by atoms with Crippen molar-refractivity contribution in [2.24, 2.45) is 4.99 Å². The van der Waals surface area contributed by atoms with E-state index < -0.39 is 0 Å². The first-order valence-electron chi connectivity index (χ1n) is 9.62. The molecule has 7 heteroatoms. The van der Waals surface area contributed by atoms with Crippen molar-refractivity contribution in [3.8, 4) is 0 Å². The minimum atomic E-state index is 0. The highest BCUT2D eigenvalue weighted by atomic mass is 127. The number of hydrogen-bond acceptors (Lipinski definition) is 3. The standard InChI is InChI=1S/C20H30N6.HI/c1-4-21-20(22-13-16(3)18-7-5-6-15(2)12-18)26-10-8-17(9-11-26)19-23-14-24-25-19;/h5-7,12,14,16-17H,4,8-11,13H2,1-3H3,(H,21,22)(H,23,24,25);1H. The van der Waals surface area contributed by atoms with E-state index in [4.69, 9.17) is 4.99 Å². The quantitative estimate of drug-likeness (QED) is 0.388. The summed E-state index contributed by atoms with van der Waals surface area (Å²) in [5, 5.41) is 10.5. The van der Waals surface area contributed by atoms with Gasteiger partial charge in [0, 0.05) is 38.0 Å². The lowest BCUT2D eigenvalue weighted by molar-refractivity contribution is 0.298. The zero-order valence-electron chi connectivity index (χ0n) is 16.5. The van der Waals surface area contributed by atoms with Crippen LogP contribution >= 0.6 is 24.0 Å². The fourth-order valence-electron chi connectivity index (χ4n) is 3.51. The molecule has 2 heterocycles. The summed E-state index contributed by atoms with van der Waals surface area (Å²) in [4.78, 5) is 11.6. The molecule has 0 spiro atoms. The average molecular weight is 482 g/mol. The molecule has 1 aromatic carbocycles. The second kappa shape index (κ2) is 10.6. The number of benzene rings is 1. The lowest BCUT2D eigenvalue weighted by Gasteiger charge is -2.33. The molecule has 1 aliphatic heterocycles. The summed E-state index contributed by atoms with van der Waals surface area (Å²) in [6, 6.07) is 8.73. The smallest absolute Gasteiger partial charge is 0.193 e. The van der Waals surface area contributed by atoms with Gasteiger partial charge in [0.1, 0.15) is 12.2 Å². The maximum absolute atomic E-state index is 4.93. The van der Waals surface area contributed by atoms with Gasteiger partial charge in [-0.1, -0.05) is 36.8 Å². The maximum Gasteiger partial charge on any atom is 0.193 e. The van der Waals surface area contributed by atoms with Crippen LogP contribution in [0.1, 0.15) is 55.5 Å². The predicted octanol–water partition coefficient (Wildman–Crippen LogP) is 3.68. The lowest BCUT2D eigenvalue weighted by Crippen LogP contribution is -2.45. The molecule has 1 atom stereocenters. The Bertz CT molecular complexity index is 707. The van der Waals surface area contributed by atoms with Crippen LogP contribution in [0.15, 0.2) is 35.6 Å². The summed E-state index contributed by atoms with van der Waals surface area (Å²) in [6.07, 6.45) is 3.75. The number of rotatable bonds is 5. The van der Waals surface area contributed by atoms with Crippen molar-refractivity contribution in [3.05, 3.63) is 47.5 Å². The highest BCUT2D eigenvalue weighted by molar-refractivity contribution is 14.0. The number of piperidine rings is 1. The van der Waals surface area contributed by atoms with Crippen LogP contribution in [0.5, 0.6) is 0 Å². The van der Waals surface area contributed by atoms with E-state index in [2.05, 4.69) is 70.4 Å². The zero-order chi connectivity index (χ0) is 18.4. The van der Waals surface area contributed by atoms with Crippen LogP contribution in [0.3, 0.4) is 0 Å². The number of aromatic amines is 1. The minimum absolute atomic E-state index is 0. The first kappa shape index (κ1) is 21.7. The largest absolute Gasteiger partial charge is 0.357 e. The molecule has 1 unspecified atom stereocenters. The Kier molecular flexibility index (Phi) is 8.53. The Morgan fingerprint density at radius 2 is 2.15 bits per heavy atom. The molecule has 0 radical (unpaired) electrons. The van der Waals surface area contributed by atoms with Gasteiger partial charge in [-0.15, -0.1) is 24.0 Å². The van der Waals surface area contributed by atoms with Crippen molar-refractivity contribution >= 4 is 29.9 Å². The Morgan fingerprint density at radius 1 is 1.37 bits per heavy atom. The van der Waals surface area contributed by atoms with E-state index >= 15 is 0 Å². The highest BCUT2D eigenvalue weighted by Gasteiger charge is 2.24. The Balaban J connectivity index is 0.00000261. The van der Waals surface area contributed by atoms with E-state index in [1.165, 1.54) is 11.1 Å². The Labute approximate surface area is 179 Å². The number of hydrogen-bond donors (Lipinski definition) is 2. The molecule has 27 heavy (non-hydrogen) atoms. The molecule has 1 aliphatic rings. The van der Waals surface area contributed by atoms with Crippen molar-refractivity contribution in [1.82, 2.24) is 25.4 Å². The van der Waals surface area contributed by atoms with Crippen LogP contribution in [0.4, 0.5) is 0 Å². The second-order valence-corrected chi connectivity index (χ2v) is 7.14. The van der Waals surface area contributed by atoms with Gasteiger partial charge in [0.2, 0.25) is 0 Å². The molecule has 6 nitrogen and oxygen atoms in total. The summed E-state index contributed by atoms with van der Waals surface area (Å²) >= 11 is 0. The molecular weight excluding hydrogens is 451 g/mol. The number of aryl methyl sites for hydroxylation is 1. The fraction of sp³-hybridized carbons (Fsp3) is 0.550. The summed E-state index contributed by atoms with van der Waals surface area (Å²) in [5.74, 6) is 2.93. The number of H-pyrrole nitrogens is 1. The molecular formula is C20H31IN6. The Morgan fingerprint density at radius 3 is 2.78 bits per heavy atom. The van der Waals surface area contributed by atoms with Gasteiger partial charge < -0.3 is 10.2 Å². The van der Waals surface area contributed by atoms with Crippen LogP contribution in [0.25, 0.3) is 0 Å². The monoisotopic (exact) mass is 482 g/mol. The summed E-state index contributed by atoms with van der Waals surface area (Å²) in [7, 11) is 0. The number of halogens is 1. The fourth-order valence-corrected chi connectivity index (χ4v) is 3.51. The molecule has 0 amide bonds. The van der Waals surface area contributed by atoms with E-state index in [1.807, 2.05) is 0 Å². The molecule has 1 saturated heterocycles. The summed E-state index contributed by atoms with van der Waals surface area (Å²) in [6.45, 7) is 10.2. The molecule has 2 aromatic rings. The number of likely N-dealkylation sites (tertiary alicyclic amines) is 1. The summed E-state index contributed by atoms with van der Waals surface area (Å²) < 4.78 is 0. The summed E-state index contributed by atoms with van der Waals surface area (Å²) in [5.41, 5.74) is 2.66. The van der Waals surface area contributed by atoms with Gasteiger partial charge in [-0.05, 0) is 32.3 Å². The minimum Gasteiger partial charge on any atom is -0.357 e. The molecule has 2 N–H and O–H groups in total. The molecule has 3 rings (SSSR count). The van der Waals surface area contributed by atoms with Gasteiger partial charge in [-0.25, -0.2) is 4.98 Å². The molecule has 0 aliphatic carbocycles. The number of nitrogens with one attached hydrogen (secondary N) is 2. The van der Waals surface area contributed by atoms with Crippen LogP contribution < -0.4 is 5.32 Å². The average Bonchev–Trinajstić information content (AvgIpc) is 3.20. The molecule has 0 bridgehead atoms. The zero-order valence-corrected chi connectivity index (χ0v) is 18.8. The SMILES string of the molecule is CCNC(=NCC(C)c1cccc(C)c1)N1CCC(c2ncn[nH]2)CC1.I. The normalized spacial score (nSPS) is 16.7. The van der Waals surface area contributed by atoms with Crippen molar-refractivity contribution in [1.29, 1.82) is 0 Å². The number of nitrogens with zero attached hydrogens (tertiary/aromatic N) is 4. The third-order valence-electron chi connectivity index (χ3n) is 5.08. The van der Waals surface area contributed by atoms with E-state index in [0.717, 1.165) is 50.8 Å². The van der Waals surface area contributed by atoms with Gasteiger partial charge in [0.25, 0.3) is 0 Å². The molecule has 0 saturated carbocycles. The molecule has 1 fully saturated rings. The van der Waals surface area contributed by atoms with Gasteiger partial charge in [0.15, 0.2) is 5.96 Å². The first-order valence-corrected chi connectivity index (χ1v) is 9.62. The van der Waals surface area contributed by atoms with Gasteiger partial charge >= 0.3 is 0 Å². The van der Waals surface area contributed by atoms with Crippen LogP contribution in [-0.2, 0) is 0 Å². The lowest BCUT2D eigenvalue weighted by atomic mass is 9.96. The third kappa shape index (κ3) is 5.92. The van der Waals surface area contributed by atoms with E-state index in [0.29, 0.717) is 11.8 Å². The molecule has 148 valence electrons. The van der Waals surface area contributed by atoms with Crippen LogP contribution in [0, 0.1) is 6.92 Å². The second-order valence-electron chi connectivity index (χ2n) is 7.14. The van der Waals surface area contributed by atoms with Gasteiger partial charge in [0.05, 0.1) is 0 Å². The number of aromatic nitrogens is 3. The van der Waals surface area contributed by atoms with Crippen LogP contribution in [-0.4, -0.2) is 52.2 Å². The Hall–Kier alpha value is -1.64. The number of aliphatic imine (C=N–C) groups is 1. The third-order valence-corrected chi connectivity index (χ3v) is 5.08. The van der Waals surface area contributed by atoms with Crippen molar-refractivity contribution in [3.63, 3.8) is 0 Å². The highest BCUT2D eigenvalue weighted by Crippen LogP contribution is 2.25. The van der Waals surface area contributed by atoms with Crippen molar-refractivity contribution in [2.75, 3.05) is 26.2 Å². The molecule has 1 aromatic heterocycles. The van der Waals surface area contributed by atoms with Crippen molar-refractivity contribution in [2.45, 2.75) is 45.4 Å². The predicted molar refractivity (Wildman–Crippen MR) is 121 cm³/mol. The van der Waals surface area contributed by atoms with Gasteiger partial charge in [-0.3, -0.25) is 10.1 Å². The number of guanidine groups is 1. The van der Waals surface area contributed by atoms with E-state index in [9.17, 15) is 0 Å². The van der Waals surface area contributed by atoms with E-state index in [1.54, 1.807) is 6.33 Å². The topological polar surface area (TPSA) is 69.2 Å². The maximum atomic E-state index is 4.93.